The van der Waals surface area contributed by atoms with Crippen LogP contribution >= 0.6 is 0 Å². The molecule has 7 aromatic rings. The van der Waals surface area contributed by atoms with Crippen molar-refractivity contribution in [2.45, 2.75) is 0 Å². The number of H-pyrrole nitrogens is 2. The minimum absolute atomic E-state index is 0.131. The van der Waals surface area contributed by atoms with Crippen LogP contribution in [0.5, 0.6) is 11.5 Å². The van der Waals surface area contributed by atoms with Crippen molar-refractivity contribution in [1.82, 2.24) is 9.97 Å². The minimum atomic E-state index is -0.581. The first-order chi connectivity index (χ1) is 16.5. The molecule has 0 aliphatic carbocycles. The van der Waals surface area contributed by atoms with Gasteiger partial charge in [0.1, 0.15) is 11.5 Å². The summed E-state index contributed by atoms with van der Waals surface area (Å²) in [5, 5.41) is 22.4. The number of aromatic hydroxyl groups is 2. The fourth-order valence-electron chi connectivity index (χ4n) is 4.70. The molecule has 8 heteroatoms. The zero-order valence-electron chi connectivity index (χ0n) is 17.3. The Labute approximate surface area is 187 Å². The summed E-state index contributed by atoms with van der Waals surface area (Å²) in [6.07, 6.45) is 0. The predicted molar refractivity (Wildman–Crippen MR) is 129 cm³/mol. The van der Waals surface area contributed by atoms with Gasteiger partial charge in [-0.05, 0) is 36.4 Å². The minimum Gasteiger partial charge on any atom is -0.506 e. The second-order valence-corrected chi connectivity index (χ2v) is 8.11. The molecule has 0 amide bonds. The summed E-state index contributed by atoms with van der Waals surface area (Å²) in [6.45, 7) is 0. The lowest BCUT2D eigenvalue weighted by Crippen LogP contribution is -2.10. The summed E-state index contributed by atoms with van der Waals surface area (Å²) in [5.41, 5.74) is 2.30. The van der Waals surface area contributed by atoms with Crippen molar-refractivity contribution >= 4 is 65.9 Å². The SMILES string of the molecule is O=c1ccc(=O)c2c(O)c3c4[nH]c5ccccc5oc4c4oc5ccccc5[nH]c4c3c(O)c12. The highest BCUT2D eigenvalue weighted by Crippen LogP contribution is 2.46. The Hall–Kier alpha value is -4.98. The van der Waals surface area contributed by atoms with Crippen LogP contribution in [-0.2, 0) is 0 Å². The number of para-hydroxylation sites is 4. The Morgan fingerprint density at radius 3 is 1.41 bits per heavy atom. The van der Waals surface area contributed by atoms with E-state index in [-0.39, 0.29) is 32.7 Å². The van der Waals surface area contributed by atoms with Gasteiger partial charge < -0.3 is 29.0 Å². The van der Waals surface area contributed by atoms with Gasteiger partial charge in [0.25, 0.3) is 0 Å². The number of phenols is 2. The number of rotatable bonds is 0. The Balaban J connectivity index is 1.92. The Morgan fingerprint density at radius 1 is 0.559 bits per heavy atom. The lowest BCUT2D eigenvalue weighted by atomic mass is 9.97. The molecular weight excluding hydrogens is 436 g/mol. The molecule has 0 radical (unpaired) electrons. The van der Waals surface area contributed by atoms with Crippen LogP contribution in [-0.4, -0.2) is 20.2 Å². The predicted octanol–water partition coefficient (Wildman–Crippen LogP) is 5.14. The Bertz CT molecular complexity index is 1990. The van der Waals surface area contributed by atoms with Gasteiger partial charge in [-0.2, -0.15) is 0 Å². The van der Waals surface area contributed by atoms with Gasteiger partial charge in [-0.3, -0.25) is 9.59 Å². The quantitative estimate of drug-likeness (QED) is 0.144. The van der Waals surface area contributed by atoms with Crippen LogP contribution < -0.4 is 10.9 Å². The number of hydrogen-bond acceptors (Lipinski definition) is 6. The molecule has 0 aliphatic rings. The second kappa shape index (κ2) is 6.29. The topological polar surface area (TPSA) is 132 Å². The van der Waals surface area contributed by atoms with Crippen LogP contribution in [0.1, 0.15) is 0 Å². The maximum Gasteiger partial charge on any atom is 0.196 e. The molecule has 0 spiro atoms. The lowest BCUT2D eigenvalue weighted by molar-refractivity contribution is 0.478. The highest BCUT2D eigenvalue weighted by molar-refractivity contribution is 6.28. The molecule has 2 heterocycles. The van der Waals surface area contributed by atoms with Crippen molar-refractivity contribution in [2.24, 2.45) is 0 Å². The molecule has 2 aromatic heterocycles. The number of nitrogens with one attached hydrogen (secondary N) is 2. The van der Waals surface area contributed by atoms with Crippen LogP contribution in [0.25, 0.3) is 65.9 Å². The molecule has 7 rings (SSSR count). The lowest BCUT2D eigenvalue weighted by Gasteiger charge is -2.15. The normalized spacial score (nSPS) is 12.0. The van der Waals surface area contributed by atoms with Crippen molar-refractivity contribution in [3.8, 4) is 11.5 Å². The van der Waals surface area contributed by atoms with Gasteiger partial charge in [-0.15, -0.1) is 0 Å². The van der Waals surface area contributed by atoms with E-state index in [4.69, 9.17) is 8.83 Å². The molecule has 5 aromatic carbocycles. The summed E-state index contributed by atoms with van der Waals surface area (Å²) in [7, 11) is 0. The number of aromatic amines is 2. The highest BCUT2D eigenvalue weighted by atomic mass is 16.4. The summed E-state index contributed by atoms with van der Waals surface area (Å²) in [4.78, 5) is 31.8. The highest BCUT2D eigenvalue weighted by Gasteiger charge is 2.25. The molecule has 4 N–H and O–H groups in total. The third-order valence-electron chi connectivity index (χ3n) is 6.20. The first-order valence-corrected chi connectivity index (χ1v) is 10.5. The van der Waals surface area contributed by atoms with Crippen molar-refractivity contribution in [1.29, 1.82) is 0 Å². The maximum atomic E-state index is 12.7. The molecule has 8 nitrogen and oxygen atoms in total. The van der Waals surface area contributed by atoms with Crippen LogP contribution in [0.2, 0.25) is 0 Å². The van der Waals surface area contributed by atoms with Gasteiger partial charge in [-0.25, -0.2) is 0 Å². The molecular formula is C26H14N2O6. The van der Waals surface area contributed by atoms with E-state index in [1.165, 1.54) is 0 Å². The van der Waals surface area contributed by atoms with E-state index in [0.29, 0.717) is 33.2 Å². The number of benzene rings is 5. The van der Waals surface area contributed by atoms with Crippen molar-refractivity contribution in [3.63, 3.8) is 0 Å². The van der Waals surface area contributed by atoms with Crippen LogP contribution in [0.4, 0.5) is 0 Å². The molecule has 34 heavy (non-hydrogen) atoms. The van der Waals surface area contributed by atoms with Gasteiger partial charge in [0, 0.05) is 0 Å². The molecule has 0 aliphatic heterocycles. The maximum absolute atomic E-state index is 12.7. The van der Waals surface area contributed by atoms with Crippen LogP contribution in [0.15, 0.2) is 79.1 Å². The summed E-state index contributed by atoms with van der Waals surface area (Å²) in [5.74, 6) is -0.860. The fourth-order valence-corrected chi connectivity index (χ4v) is 4.70. The van der Waals surface area contributed by atoms with Crippen molar-refractivity contribution in [3.05, 3.63) is 81.1 Å². The standard InChI is InChI=1S/C26H14N2O6/c29-13-9-10-14(30)18-17(13)23(31)19-20(24(18)32)22-26(34-16-8-4-2-6-12(16)28-22)25-21(19)27-11-5-1-3-7-15(11)33-25/h1-10,27-28,31-32H. The van der Waals surface area contributed by atoms with Gasteiger partial charge in [0.05, 0.1) is 43.6 Å². The van der Waals surface area contributed by atoms with E-state index in [9.17, 15) is 19.8 Å². The van der Waals surface area contributed by atoms with Gasteiger partial charge in [0.15, 0.2) is 33.2 Å². The van der Waals surface area contributed by atoms with E-state index < -0.39 is 22.4 Å². The molecule has 0 bridgehead atoms. The third kappa shape index (κ3) is 2.26. The number of aromatic nitrogens is 2. The third-order valence-corrected chi connectivity index (χ3v) is 6.20. The molecule has 0 unspecified atom stereocenters. The smallest absolute Gasteiger partial charge is 0.196 e. The second-order valence-electron chi connectivity index (χ2n) is 8.11. The molecule has 0 saturated heterocycles. The van der Waals surface area contributed by atoms with E-state index >= 15 is 0 Å². The van der Waals surface area contributed by atoms with Gasteiger partial charge in [-0.1, -0.05) is 24.3 Å². The molecule has 0 saturated carbocycles. The number of hydrogen-bond donors (Lipinski definition) is 4. The average molecular weight is 450 g/mol. The first kappa shape index (κ1) is 18.6. The van der Waals surface area contributed by atoms with Crippen LogP contribution in [0.3, 0.4) is 0 Å². The number of phenolic OH excluding ortho intramolecular Hbond substituents is 2. The molecule has 0 atom stereocenters. The summed E-state index contributed by atoms with van der Waals surface area (Å²) in [6, 6.07) is 16.6. The van der Waals surface area contributed by atoms with Crippen LogP contribution in [0, 0.1) is 0 Å². The zero-order chi connectivity index (χ0) is 23.1. The van der Waals surface area contributed by atoms with E-state index in [0.717, 1.165) is 12.1 Å². The number of fused-ring (bicyclic) bond motifs is 9. The fraction of sp³-hybridized carbons (Fsp3) is 0. The average Bonchev–Trinajstić information content (AvgIpc) is 2.85. The summed E-state index contributed by atoms with van der Waals surface area (Å²) >= 11 is 0. The molecule has 164 valence electrons. The zero-order valence-corrected chi connectivity index (χ0v) is 17.3. The molecule has 0 fully saturated rings. The summed E-state index contributed by atoms with van der Waals surface area (Å²) < 4.78 is 12.4. The van der Waals surface area contributed by atoms with Crippen molar-refractivity contribution in [2.75, 3.05) is 0 Å². The largest absolute Gasteiger partial charge is 0.506 e. The monoisotopic (exact) mass is 450 g/mol. The van der Waals surface area contributed by atoms with E-state index in [2.05, 4.69) is 9.97 Å². The Morgan fingerprint density at radius 2 is 0.971 bits per heavy atom. The van der Waals surface area contributed by atoms with Crippen molar-refractivity contribution < 1.29 is 19.0 Å². The van der Waals surface area contributed by atoms with E-state index in [1.807, 2.05) is 24.3 Å². The Kier molecular flexibility index (Phi) is 3.44. The van der Waals surface area contributed by atoms with E-state index in [1.54, 1.807) is 24.3 Å². The van der Waals surface area contributed by atoms with Gasteiger partial charge >= 0.3 is 0 Å². The first-order valence-electron chi connectivity index (χ1n) is 10.5. The van der Waals surface area contributed by atoms with Gasteiger partial charge in [0.2, 0.25) is 0 Å².